The first kappa shape index (κ1) is 20.2. The van der Waals surface area contributed by atoms with Crippen LogP contribution in [-0.4, -0.2) is 25.0 Å². The highest BCUT2D eigenvalue weighted by Gasteiger charge is 2.40. The van der Waals surface area contributed by atoms with Gasteiger partial charge in [-0.2, -0.15) is 5.26 Å². The molecule has 0 heterocycles. The highest BCUT2D eigenvalue weighted by atomic mass is 16.5. The Labute approximate surface area is 160 Å². The number of carbonyl (C=O) groups excluding carboxylic acids is 2. The third-order valence-electron chi connectivity index (χ3n) is 4.88. The summed E-state index contributed by atoms with van der Waals surface area (Å²) in [6, 6.07) is 20.0. The Morgan fingerprint density at radius 2 is 1.56 bits per heavy atom. The Kier molecular flexibility index (Phi) is 6.73. The van der Waals surface area contributed by atoms with E-state index in [9.17, 15) is 9.59 Å². The zero-order valence-corrected chi connectivity index (χ0v) is 15.8. The molecule has 0 aliphatic carbocycles. The molecule has 0 aromatic heterocycles. The van der Waals surface area contributed by atoms with Gasteiger partial charge in [0, 0.05) is 12.3 Å². The Hall–Kier alpha value is -3.13. The van der Waals surface area contributed by atoms with Crippen molar-refractivity contribution < 1.29 is 14.3 Å². The summed E-state index contributed by atoms with van der Waals surface area (Å²) in [7, 11) is 1.27. The lowest BCUT2D eigenvalue weighted by atomic mass is 9.75. The van der Waals surface area contributed by atoms with Gasteiger partial charge in [0.1, 0.15) is 6.04 Å². The molecule has 0 bridgehead atoms. The first-order valence-electron chi connectivity index (χ1n) is 8.82. The van der Waals surface area contributed by atoms with Crippen molar-refractivity contribution in [1.29, 1.82) is 5.26 Å². The zero-order chi connectivity index (χ0) is 19.9. The van der Waals surface area contributed by atoms with Crippen molar-refractivity contribution in [3.63, 3.8) is 0 Å². The van der Waals surface area contributed by atoms with Gasteiger partial charge in [-0.3, -0.25) is 4.79 Å². The highest BCUT2D eigenvalue weighted by molar-refractivity contribution is 5.94. The summed E-state index contributed by atoms with van der Waals surface area (Å²) >= 11 is 0. The quantitative estimate of drug-likeness (QED) is 0.765. The minimum atomic E-state index is -0.999. The topological polar surface area (TPSA) is 79.2 Å². The van der Waals surface area contributed by atoms with Crippen LogP contribution in [0.5, 0.6) is 0 Å². The zero-order valence-electron chi connectivity index (χ0n) is 15.8. The molecule has 2 rings (SSSR count). The molecular formula is C22H24N2O3. The van der Waals surface area contributed by atoms with E-state index in [-0.39, 0.29) is 18.2 Å². The van der Waals surface area contributed by atoms with Crippen LogP contribution in [0.4, 0.5) is 0 Å². The first-order chi connectivity index (χ1) is 12.9. The van der Waals surface area contributed by atoms with E-state index in [0.29, 0.717) is 0 Å². The van der Waals surface area contributed by atoms with Crippen LogP contribution in [0.25, 0.3) is 0 Å². The normalized spacial score (nSPS) is 13.1. The lowest BCUT2D eigenvalue weighted by Gasteiger charge is -2.32. The number of esters is 1. The fourth-order valence-electron chi connectivity index (χ4n) is 3.08. The van der Waals surface area contributed by atoms with Gasteiger partial charge in [-0.25, -0.2) is 4.79 Å². The number of hydrogen-bond acceptors (Lipinski definition) is 4. The molecule has 5 heteroatoms. The fraction of sp³-hybridized carbons (Fsp3) is 0.318. The second-order valence-electron chi connectivity index (χ2n) is 6.67. The van der Waals surface area contributed by atoms with Gasteiger partial charge in [-0.05, 0) is 18.1 Å². The largest absolute Gasteiger partial charge is 0.467 e. The van der Waals surface area contributed by atoms with Crippen molar-refractivity contribution in [3.05, 3.63) is 71.8 Å². The predicted octanol–water partition coefficient (Wildman–Crippen LogP) is 3.20. The molecule has 0 unspecified atom stereocenters. The van der Waals surface area contributed by atoms with Gasteiger partial charge in [0.25, 0.3) is 0 Å². The smallest absolute Gasteiger partial charge is 0.328 e. The number of methoxy groups -OCH3 is 1. The van der Waals surface area contributed by atoms with E-state index in [4.69, 9.17) is 10.00 Å². The number of carbonyl (C=O) groups is 2. The van der Waals surface area contributed by atoms with Crippen LogP contribution in [0.1, 0.15) is 31.4 Å². The average Bonchev–Trinajstić information content (AvgIpc) is 2.72. The van der Waals surface area contributed by atoms with Gasteiger partial charge < -0.3 is 10.1 Å². The summed E-state index contributed by atoms with van der Waals surface area (Å²) in [6.07, 6.45) is 0.132. The molecule has 140 valence electrons. The monoisotopic (exact) mass is 364 g/mol. The highest BCUT2D eigenvalue weighted by Crippen LogP contribution is 2.32. The van der Waals surface area contributed by atoms with E-state index >= 15 is 0 Å². The van der Waals surface area contributed by atoms with E-state index in [2.05, 4.69) is 5.32 Å². The van der Waals surface area contributed by atoms with Crippen molar-refractivity contribution >= 4 is 11.9 Å². The number of nitrogens with one attached hydrogen (secondary N) is 1. The summed E-state index contributed by atoms with van der Waals surface area (Å²) in [5, 5.41) is 11.8. The number of ether oxygens (including phenoxy) is 1. The molecule has 0 aliphatic rings. The summed E-state index contributed by atoms with van der Waals surface area (Å²) in [5.74, 6) is -1.25. The number of nitrogens with zero attached hydrogens (tertiary/aromatic N) is 1. The molecule has 0 spiro atoms. The van der Waals surface area contributed by atoms with Gasteiger partial charge in [0.05, 0.1) is 18.6 Å². The number of rotatable bonds is 7. The van der Waals surface area contributed by atoms with Crippen LogP contribution < -0.4 is 5.32 Å². The Balaban J connectivity index is 2.45. The van der Waals surface area contributed by atoms with Crippen molar-refractivity contribution in [2.45, 2.75) is 31.7 Å². The van der Waals surface area contributed by atoms with Crippen molar-refractivity contribution in [2.24, 2.45) is 5.92 Å². The van der Waals surface area contributed by atoms with Crippen LogP contribution in [0, 0.1) is 17.2 Å². The summed E-state index contributed by atoms with van der Waals surface area (Å²) in [4.78, 5) is 25.6. The number of nitriles is 1. The molecule has 0 radical (unpaired) electrons. The lowest BCUT2D eigenvalue weighted by molar-refractivity contribution is -0.147. The molecular weight excluding hydrogens is 340 g/mol. The second-order valence-corrected chi connectivity index (χ2v) is 6.67. The SMILES string of the molecule is COC(=O)[C@H](NC(=O)C(C)(c1ccccc1)c1ccccc1)[C@H](C)CC#N. The molecule has 0 fully saturated rings. The molecule has 2 atom stereocenters. The van der Waals surface area contributed by atoms with Crippen LogP contribution in [-0.2, 0) is 19.7 Å². The van der Waals surface area contributed by atoms with E-state index in [1.54, 1.807) is 6.92 Å². The van der Waals surface area contributed by atoms with Crippen molar-refractivity contribution in [3.8, 4) is 6.07 Å². The van der Waals surface area contributed by atoms with E-state index in [0.717, 1.165) is 11.1 Å². The summed E-state index contributed by atoms with van der Waals surface area (Å²) in [5.41, 5.74) is 0.622. The van der Waals surface area contributed by atoms with Crippen LogP contribution in [0.3, 0.4) is 0 Å². The van der Waals surface area contributed by atoms with Crippen LogP contribution in [0.2, 0.25) is 0 Å². The molecule has 1 N–H and O–H groups in total. The Morgan fingerprint density at radius 1 is 1.07 bits per heavy atom. The first-order valence-corrected chi connectivity index (χ1v) is 8.82. The minimum absolute atomic E-state index is 0.132. The maximum atomic E-state index is 13.4. The van der Waals surface area contributed by atoms with Gasteiger partial charge in [0.2, 0.25) is 5.91 Å². The van der Waals surface area contributed by atoms with Gasteiger partial charge in [0.15, 0.2) is 0 Å². The van der Waals surface area contributed by atoms with Crippen LogP contribution >= 0.6 is 0 Å². The molecule has 2 aromatic carbocycles. The van der Waals surface area contributed by atoms with Gasteiger partial charge >= 0.3 is 5.97 Å². The molecule has 5 nitrogen and oxygen atoms in total. The standard InChI is InChI=1S/C22H24N2O3/c1-16(14-15-23)19(20(25)27-3)24-21(26)22(2,17-10-6-4-7-11-17)18-12-8-5-9-13-18/h4-13,16,19H,14H2,1-3H3,(H,24,26)/t16-,19-/m1/s1. The molecule has 0 aliphatic heterocycles. The second kappa shape index (κ2) is 9.00. The maximum absolute atomic E-state index is 13.4. The molecule has 2 aromatic rings. The molecule has 0 saturated heterocycles. The number of hydrogen-bond donors (Lipinski definition) is 1. The van der Waals surface area contributed by atoms with E-state index < -0.39 is 17.4 Å². The van der Waals surface area contributed by atoms with Gasteiger partial charge in [-0.1, -0.05) is 67.6 Å². The van der Waals surface area contributed by atoms with Crippen LogP contribution in [0.15, 0.2) is 60.7 Å². The van der Waals surface area contributed by atoms with E-state index in [1.165, 1.54) is 7.11 Å². The molecule has 1 amide bonds. The third-order valence-corrected chi connectivity index (χ3v) is 4.88. The number of amides is 1. The van der Waals surface area contributed by atoms with E-state index in [1.807, 2.05) is 73.7 Å². The van der Waals surface area contributed by atoms with Gasteiger partial charge in [-0.15, -0.1) is 0 Å². The third kappa shape index (κ3) is 4.35. The molecule has 27 heavy (non-hydrogen) atoms. The number of benzene rings is 2. The minimum Gasteiger partial charge on any atom is -0.467 e. The fourth-order valence-corrected chi connectivity index (χ4v) is 3.08. The predicted molar refractivity (Wildman–Crippen MR) is 103 cm³/mol. The molecule has 0 saturated carbocycles. The lowest BCUT2D eigenvalue weighted by Crippen LogP contribution is -2.52. The van der Waals surface area contributed by atoms with Crippen molar-refractivity contribution in [1.82, 2.24) is 5.32 Å². The summed E-state index contributed by atoms with van der Waals surface area (Å²) in [6.45, 7) is 3.57. The van der Waals surface area contributed by atoms with Crippen molar-refractivity contribution in [2.75, 3.05) is 7.11 Å². The Morgan fingerprint density at radius 3 is 1.96 bits per heavy atom. The average molecular weight is 364 g/mol. The summed E-state index contributed by atoms with van der Waals surface area (Å²) < 4.78 is 4.84. The Bertz CT molecular complexity index is 773. The maximum Gasteiger partial charge on any atom is 0.328 e.